The molecule has 0 aliphatic heterocycles. The Morgan fingerprint density at radius 3 is 2.68 bits per heavy atom. The van der Waals surface area contributed by atoms with Crippen LogP contribution in [-0.2, 0) is 0 Å². The van der Waals surface area contributed by atoms with Crippen molar-refractivity contribution in [2.24, 2.45) is 0 Å². The molecule has 0 aliphatic rings. The van der Waals surface area contributed by atoms with Gasteiger partial charge in [-0.25, -0.2) is 14.8 Å². The van der Waals surface area contributed by atoms with Crippen molar-refractivity contribution in [3.05, 3.63) is 44.2 Å². The number of aromatic amines is 1. The van der Waals surface area contributed by atoms with E-state index in [0.29, 0.717) is 27.4 Å². The fraction of sp³-hybridized carbons (Fsp3) is 0. The first-order valence-corrected chi connectivity index (χ1v) is 6.19. The molecule has 2 aromatic heterocycles. The summed E-state index contributed by atoms with van der Waals surface area (Å²) in [6.45, 7) is 0. The van der Waals surface area contributed by atoms with Crippen LogP contribution in [0, 0.1) is 0 Å². The number of aromatic nitrogens is 3. The number of rotatable bonds is 1. The van der Waals surface area contributed by atoms with E-state index in [0.717, 1.165) is 0 Å². The van der Waals surface area contributed by atoms with Gasteiger partial charge in [0.15, 0.2) is 15.9 Å². The molecule has 0 saturated carbocycles. The third-order valence-corrected chi connectivity index (χ3v) is 3.45. The van der Waals surface area contributed by atoms with E-state index < -0.39 is 5.76 Å². The maximum atomic E-state index is 11.3. The number of nitrogens with zero attached hydrogens (tertiary/aromatic N) is 2. The Bertz CT molecular complexity index is 841. The van der Waals surface area contributed by atoms with Gasteiger partial charge in [0.25, 0.3) is 0 Å². The van der Waals surface area contributed by atoms with Crippen LogP contribution >= 0.6 is 34.8 Å². The first-order chi connectivity index (χ1) is 9.06. The van der Waals surface area contributed by atoms with Crippen molar-refractivity contribution in [3.8, 4) is 11.3 Å². The first-order valence-electron chi connectivity index (χ1n) is 5.06. The molecule has 0 aliphatic carbocycles. The van der Waals surface area contributed by atoms with Gasteiger partial charge in [-0.1, -0.05) is 34.8 Å². The predicted molar refractivity (Wildman–Crippen MR) is 72.9 cm³/mol. The number of fused-ring (bicyclic) bond motifs is 1. The quantitative estimate of drug-likeness (QED) is 0.745. The van der Waals surface area contributed by atoms with E-state index in [-0.39, 0.29) is 10.3 Å². The Morgan fingerprint density at radius 1 is 1.16 bits per heavy atom. The van der Waals surface area contributed by atoms with Crippen molar-refractivity contribution in [2.75, 3.05) is 0 Å². The van der Waals surface area contributed by atoms with Gasteiger partial charge in [0.05, 0.1) is 16.9 Å². The van der Waals surface area contributed by atoms with Gasteiger partial charge in [-0.05, 0) is 12.1 Å². The fourth-order valence-electron chi connectivity index (χ4n) is 1.68. The van der Waals surface area contributed by atoms with Crippen molar-refractivity contribution in [1.29, 1.82) is 0 Å². The minimum absolute atomic E-state index is 0.0696. The molecule has 3 rings (SSSR count). The minimum Gasteiger partial charge on any atom is -0.407 e. The summed E-state index contributed by atoms with van der Waals surface area (Å²) in [5.41, 5.74) is 1.67. The van der Waals surface area contributed by atoms with Crippen molar-refractivity contribution in [1.82, 2.24) is 15.0 Å². The van der Waals surface area contributed by atoms with E-state index in [1.54, 1.807) is 12.1 Å². The molecule has 0 spiro atoms. The average molecular weight is 317 g/mol. The summed E-state index contributed by atoms with van der Waals surface area (Å²) in [7, 11) is 0. The van der Waals surface area contributed by atoms with Gasteiger partial charge < -0.3 is 4.42 Å². The van der Waals surface area contributed by atoms with Crippen LogP contribution in [0.25, 0.3) is 22.4 Å². The topological polar surface area (TPSA) is 71.8 Å². The van der Waals surface area contributed by atoms with Crippen LogP contribution in [-0.4, -0.2) is 15.0 Å². The molecule has 2 heterocycles. The van der Waals surface area contributed by atoms with Crippen LogP contribution in [0.4, 0.5) is 0 Å². The maximum absolute atomic E-state index is 11.3. The Hall–Kier alpha value is -1.56. The molecule has 96 valence electrons. The monoisotopic (exact) mass is 315 g/mol. The zero-order valence-electron chi connectivity index (χ0n) is 9.08. The molecule has 0 bridgehead atoms. The number of hydrogen-bond acceptors (Lipinski definition) is 4. The SMILES string of the molecule is O=c1[nH]c2c(Cl)ccc(-c3cnc(Cl)c(Cl)n3)c2o1. The lowest BCUT2D eigenvalue weighted by Gasteiger charge is -2.03. The largest absolute Gasteiger partial charge is 0.417 e. The molecule has 0 unspecified atom stereocenters. The molecule has 0 amide bonds. The number of halogens is 3. The molecule has 5 nitrogen and oxygen atoms in total. The van der Waals surface area contributed by atoms with E-state index in [9.17, 15) is 4.79 Å². The fourth-order valence-corrected chi connectivity index (χ4v) is 2.11. The third-order valence-electron chi connectivity index (χ3n) is 2.49. The molecule has 1 N–H and O–H groups in total. The van der Waals surface area contributed by atoms with E-state index in [1.165, 1.54) is 6.20 Å². The highest BCUT2D eigenvalue weighted by atomic mass is 35.5. The van der Waals surface area contributed by atoms with Crippen molar-refractivity contribution in [3.63, 3.8) is 0 Å². The van der Waals surface area contributed by atoms with Gasteiger partial charge in [0.2, 0.25) is 0 Å². The number of oxazole rings is 1. The summed E-state index contributed by atoms with van der Waals surface area (Å²) in [4.78, 5) is 21.8. The molecular formula is C11H4Cl3N3O2. The highest BCUT2D eigenvalue weighted by Crippen LogP contribution is 2.31. The molecule has 0 fully saturated rings. The first kappa shape index (κ1) is 12.5. The van der Waals surface area contributed by atoms with Crippen LogP contribution < -0.4 is 5.76 Å². The highest BCUT2D eigenvalue weighted by Gasteiger charge is 2.14. The second kappa shape index (κ2) is 4.52. The molecule has 19 heavy (non-hydrogen) atoms. The van der Waals surface area contributed by atoms with Crippen LogP contribution in [0.3, 0.4) is 0 Å². The van der Waals surface area contributed by atoms with Crippen molar-refractivity contribution in [2.45, 2.75) is 0 Å². The summed E-state index contributed by atoms with van der Waals surface area (Å²) in [6, 6.07) is 3.28. The second-order valence-corrected chi connectivity index (χ2v) is 4.77. The Kier molecular flexibility index (Phi) is 2.97. The van der Waals surface area contributed by atoms with E-state index in [4.69, 9.17) is 39.2 Å². The average Bonchev–Trinajstić information content (AvgIpc) is 2.76. The molecule has 0 atom stereocenters. The van der Waals surface area contributed by atoms with Gasteiger partial charge in [-0.15, -0.1) is 0 Å². The lowest BCUT2D eigenvalue weighted by molar-refractivity contribution is 0.556. The molecule has 1 aromatic carbocycles. The maximum Gasteiger partial charge on any atom is 0.417 e. The van der Waals surface area contributed by atoms with Gasteiger partial charge in [-0.3, -0.25) is 4.98 Å². The van der Waals surface area contributed by atoms with Crippen LogP contribution in [0.15, 0.2) is 27.5 Å². The molecule has 8 heteroatoms. The number of H-pyrrole nitrogens is 1. The number of benzene rings is 1. The summed E-state index contributed by atoms with van der Waals surface area (Å²) in [5, 5.41) is 0.545. The van der Waals surface area contributed by atoms with E-state index >= 15 is 0 Å². The van der Waals surface area contributed by atoms with Crippen molar-refractivity contribution >= 4 is 45.9 Å². The van der Waals surface area contributed by atoms with Gasteiger partial charge in [0, 0.05) is 5.56 Å². The standard InChI is InChI=1S/C11H4Cl3N3O2/c12-5-2-1-4(8-7(5)17-11(18)19-8)6-3-15-9(13)10(14)16-6/h1-3H,(H,17,18). The van der Waals surface area contributed by atoms with Gasteiger partial charge >= 0.3 is 5.76 Å². The smallest absolute Gasteiger partial charge is 0.407 e. The molecule has 0 radical (unpaired) electrons. The van der Waals surface area contributed by atoms with E-state index in [1.807, 2.05) is 0 Å². The van der Waals surface area contributed by atoms with Crippen LogP contribution in [0.5, 0.6) is 0 Å². The Labute approximate surface area is 121 Å². The lowest BCUT2D eigenvalue weighted by Crippen LogP contribution is -1.93. The number of nitrogens with one attached hydrogen (secondary N) is 1. The summed E-state index contributed by atoms with van der Waals surface area (Å²) in [5.74, 6) is -0.600. The predicted octanol–water partition coefficient (Wildman–Crippen LogP) is 3.54. The van der Waals surface area contributed by atoms with E-state index in [2.05, 4.69) is 15.0 Å². The van der Waals surface area contributed by atoms with Crippen molar-refractivity contribution < 1.29 is 4.42 Å². The van der Waals surface area contributed by atoms with Gasteiger partial charge in [-0.2, -0.15) is 0 Å². The zero-order chi connectivity index (χ0) is 13.6. The lowest BCUT2D eigenvalue weighted by atomic mass is 10.1. The summed E-state index contributed by atoms with van der Waals surface area (Å²) >= 11 is 17.5. The van der Waals surface area contributed by atoms with Gasteiger partial charge in [0.1, 0.15) is 5.52 Å². The Morgan fingerprint density at radius 2 is 1.95 bits per heavy atom. The third kappa shape index (κ3) is 2.10. The second-order valence-electron chi connectivity index (χ2n) is 3.65. The number of hydrogen-bond donors (Lipinski definition) is 1. The van der Waals surface area contributed by atoms with Crippen LogP contribution in [0.1, 0.15) is 0 Å². The summed E-state index contributed by atoms with van der Waals surface area (Å²) < 4.78 is 5.06. The molecule has 0 saturated heterocycles. The normalized spacial score (nSPS) is 11.1. The van der Waals surface area contributed by atoms with Crippen LogP contribution in [0.2, 0.25) is 15.3 Å². The molecular weight excluding hydrogens is 312 g/mol. The summed E-state index contributed by atoms with van der Waals surface area (Å²) in [6.07, 6.45) is 1.43. The minimum atomic E-state index is -0.600. The Balaban J connectivity index is 2.33. The highest BCUT2D eigenvalue weighted by molar-refractivity contribution is 6.40. The zero-order valence-corrected chi connectivity index (χ0v) is 11.3. The molecule has 3 aromatic rings.